The standard InChI is InChI=1S/C10H21N3O5S/c1-3-13-19(17,18)5-4-11-10(16)12-7-8(2)6-9(14)15/h8,13H,3-7H2,1-2H3,(H,14,15)(H2,11,12,16). The zero-order valence-electron chi connectivity index (χ0n) is 11.1. The van der Waals surface area contributed by atoms with Crippen LogP contribution in [0, 0.1) is 5.92 Å². The van der Waals surface area contributed by atoms with Gasteiger partial charge in [-0.15, -0.1) is 0 Å². The van der Waals surface area contributed by atoms with Gasteiger partial charge in [0.25, 0.3) is 0 Å². The molecular weight excluding hydrogens is 274 g/mol. The molecule has 0 heterocycles. The number of carboxylic acids is 1. The lowest BCUT2D eigenvalue weighted by molar-refractivity contribution is -0.137. The molecule has 112 valence electrons. The van der Waals surface area contributed by atoms with Crippen LogP contribution in [-0.2, 0) is 14.8 Å². The Morgan fingerprint density at radius 3 is 2.42 bits per heavy atom. The Morgan fingerprint density at radius 1 is 1.26 bits per heavy atom. The summed E-state index contributed by atoms with van der Waals surface area (Å²) in [5.41, 5.74) is 0. The number of sulfonamides is 1. The van der Waals surface area contributed by atoms with Gasteiger partial charge in [0.2, 0.25) is 10.0 Å². The molecule has 0 aromatic carbocycles. The van der Waals surface area contributed by atoms with E-state index in [1.807, 2.05) is 0 Å². The molecule has 2 amide bonds. The molecule has 0 aliphatic carbocycles. The Balaban J connectivity index is 3.79. The van der Waals surface area contributed by atoms with Gasteiger partial charge in [0, 0.05) is 26.1 Å². The number of urea groups is 1. The fourth-order valence-corrected chi connectivity index (χ4v) is 2.25. The number of hydrogen-bond donors (Lipinski definition) is 4. The number of aliphatic carboxylic acids is 1. The number of rotatable bonds is 9. The number of carboxylic acid groups (broad SMARTS) is 1. The lowest BCUT2D eigenvalue weighted by Gasteiger charge is -2.11. The minimum Gasteiger partial charge on any atom is -0.481 e. The van der Waals surface area contributed by atoms with Crippen molar-refractivity contribution in [2.75, 3.05) is 25.4 Å². The highest BCUT2D eigenvalue weighted by Crippen LogP contribution is 1.98. The van der Waals surface area contributed by atoms with E-state index in [0.29, 0.717) is 6.54 Å². The fourth-order valence-electron chi connectivity index (χ4n) is 1.29. The van der Waals surface area contributed by atoms with Crippen molar-refractivity contribution < 1.29 is 23.1 Å². The predicted octanol–water partition coefficient (Wildman–Crippen LogP) is -0.664. The van der Waals surface area contributed by atoms with Crippen molar-refractivity contribution in [3.63, 3.8) is 0 Å². The smallest absolute Gasteiger partial charge is 0.314 e. The maximum absolute atomic E-state index is 11.3. The first-order valence-corrected chi connectivity index (χ1v) is 7.63. The maximum atomic E-state index is 11.3. The van der Waals surface area contributed by atoms with Crippen LogP contribution in [0.3, 0.4) is 0 Å². The fraction of sp³-hybridized carbons (Fsp3) is 0.800. The molecule has 19 heavy (non-hydrogen) atoms. The molecule has 4 N–H and O–H groups in total. The number of nitrogens with one attached hydrogen (secondary N) is 3. The second-order valence-corrected chi connectivity index (χ2v) is 6.08. The second kappa shape index (κ2) is 8.70. The van der Waals surface area contributed by atoms with E-state index in [9.17, 15) is 18.0 Å². The van der Waals surface area contributed by atoms with Gasteiger partial charge in [0.15, 0.2) is 0 Å². The van der Waals surface area contributed by atoms with E-state index in [2.05, 4.69) is 15.4 Å². The summed E-state index contributed by atoms with van der Waals surface area (Å²) in [4.78, 5) is 21.7. The number of carbonyl (C=O) groups is 2. The third-order valence-corrected chi connectivity index (χ3v) is 3.62. The highest BCUT2D eigenvalue weighted by atomic mass is 32.2. The van der Waals surface area contributed by atoms with E-state index in [1.54, 1.807) is 13.8 Å². The van der Waals surface area contributed by atoms with E-state index in [4.69, 9.17) is 5.11 Å². The van der Waals surface area contributed by atoms with Crippen LogP contribution in [0.2, 0.25) is 0 Å². The van der Waals surface area contributed by atoms with Crippen LogP contribution in [0.1, 0.15) is 20.3 Å². The average molecular weight is 295 g/mol. The van der Waals surface area contributed by atoms with E-state index in [-0.39, 0.29) is 31.2 Å². The topological polar surface area (TPSA) is 125 Å². The number of hydrogen-bond acceptors (Lipinski definition) is 4. The molecule has 1 atom stereocenters. The van der Waals surface area contributed by atoms with Gasteiger partial charge in [-0.1, -0.05) is 13.8 Å². The minimum atomic E-state index is -3.34. The van der Waals surface area contributed by atoms with Crippen LogP contribution in [-0.4, -0.2) is 50.9 Å². The predicted molar refractivity (Wildman–Crippen MR) is 70.3 cm³/mol. The molecule has 0 aromatic rings. The largest absolute Gasteiger partial charge is 0.481 e. The molecule has 0 aliphatic heterocycles. The van der Waals surface area contributed by atoms with Crippen LogP contribution in [0.25, 0.3) is 0 Å². The Kier molecular flexibility index (Phi) is 8.08. The molecule has 8 nitrogen and oxygen atoms in total. The Hall–Kier alpha value is -1.35. The Morgan fingerprint density at radius 2 is 1.89 bits per heavy atom. The summed E-state index contributed by atoms with van der Waals surface area (Å²) in [6, 6.07) is -0.510. The molecule has 1 unspecified atom stereocenters. The SMILES string of the molecule is CCNS(=O)(=O)CCNC(=O)NCC(C)CC(=O)O. The third-order valence-electron chi connectivity index (χ3n) is 2.15. The molecule has 0 saturated heterocycles. The van der Waals surface area contributed by atoms with Gasteiger partial charge in [0.1, 0.15) is 0 Å². The quantitative estimate of drug-likeness (QED) is 0.449. The van der Waals surface area contributed by atoms with Crippen molar-refractivity contribution >= 4 is 22.0 Å². The van der Waals surface area contributed by atoms with Crippen molar-refractivity contribution in [1.29, 1.82) is 0 Å². The van der Waals surface area contributed by atoms with Gasteiger partial charge >= 0.3 is 12.0 Å². The molecule has 0 saturated carbocycles. The van der Waals surface area contributed by atoms with Crippen LogP contribution in [0.15, 0.2) is 0 Å². The summed E-state index contributed by atoms with van der Waals surface area (Å²) in [6.07, 6.45) is -0.0327. The van der Waals surface area contributed by atoms with Crippen molar-refractivity contribution in [2.24, 2.45) is 5.92 Å². The highest BCUT2D eigenvalue weighted by Gasteiger charge is 2.11. The van der Waals surface area contributed by atoms with Crippen molar-refractivity contribution in [1.82, 2.24) is 15.4 Å². The molecule has 0 spiro atoms. The first-order chi connectivity index (χ1) is 8.76. The second-order valence-electron chi connectivity index (χ2n) is 4.16. The van der Waals surface area contributed by atoms with E-state index < -0.39 is 22.0 Å². The highest BCUT2D eigenvalue weighted by molar-refractivity contribution is 7.89. The normalized spacial score (nSPS) is 12.7. The summed E-state index contributed by atoms with van der Waals surface area (Å²) < 4.78 is 24.8. The van der Waals surface area contributed by atoms with Gasteiger partial charge < -0.3 is 15.7 Å². The third kappa shape index (κ3) is 10.3. The first kappa shape index (κ1) is 17.6. The van der Waals surface area contributed by atoms with Crippen molar-refractivity contribution in [2.45, 2.75) is 20.3 Å². The molecule has 0 radical (unpaired) electrons. The van der Waals surface area contributed by atoms with Crippen LogP contribution in [0.5, 0.6) is 0 Å². The molecule has 0 aromatic heterocycles. The van der Waals surface area contributed by atoms with Crippen LogP contribution < -0.4 is 15.4 Å². The van der Waals surface area contributed by atoms with E-state index in [0.717, 1.165) is 0 Å². The molecule has 0 aliphatic rings. The summed E-state index contributed by atoms with van der Waals surface area (Å²) in [5, 5.41) is 13.4. The van der Waals surface area contributed by atoms with Gasteiger partial charge in [-0.2, -0.15) is 0 Å². The van der Waals surface area contributed by atoms with Gasteiger partial charge in [-0.05, 0) is 5.92 Å². The lowest BCUT2D eigenvalue weighted by Crippen LogP contribution is -2.41. The zero-order valence-corrected chi connectivity index (χ0v) is 11.9. The molecular formula is C10H21N3O5S. The first-order valence-electron chi connectivity index (χ1n) is 5.97. The molecule has 0 bridgehead atoms. The lowest BCUT2D eigenvalue weighted by atomic mass is 10.1. The van der Waals surface area contributed by atoms with E-state index in [1.165, 1.54) is 0 Å². The minimum absolute atomic E-state index is 0.00548. The number of carbonyl (C=O) groups excluding carboxylic acids is 1. The maximum Gasteiger partial charge on any atom is 0.314 e. The van der Waals surface area contributed by atoms with E-state index >= 15 is 0 Å². The van der Waals surface area contributed by atoms with Crippen molar-refractivity contribution in [3.05, 3.63) is 0 Å². The average Bonchev–Trinajstić information content (AvgIpc) is 2.25. The monoisotopic (exact) mass is 295 g/mol. The summed E-state index contributed by atoms with van der Waals surface area (Å²) in [7, 11) is -3.34. The zero-order chi connectivity index (χ0) is 14.9. The summed E-state index contributed by atoms with van der Waals surface area (Å²) in [6.45, 7) is 3.89. The van der Waals surface area contributed by atoms with Crippen LogP contribution >= 0.6 is 0 Å². The van der Waals surface area contributed by atoms with Crippen LogP contribution in [0.4, 0.5) is 4.79 Å². The van der Waals surface area contributed by atoms with Crippen molar-refractivity contribution in [3.8, 4) is 0 Å². The number of amides is 2. The van der Waals surface area contributed by atoms with Gasteiger partial charge in [-0.3, -0.25) is 4.79 Å². The summed E-state index contributed by atoms with van der Waals surface area (Å²) >= 11 is 0. The molecule has 0 rings (SSSR count). The van der Waals surface area contributed by atoms with Gasteiger partial charge in [0.05, 0.1) is 5.75 Å². The molecule has 0 fully saturated rings. The Labute approximate surface area is 113 Å². The Bertz CT molecular complexity index is 396. The molecule has 9 heteroatoms. The van der Waals surface area contributed by atoms with Gasteiger partial charge in [-0.25, -0.2) is 17.9 Å². The summed E-state index contributed by atoms with van der Waals surface area (Å²) in [5.74, 6) is -1.31.